The van der Waals surface area contributed by atoms with Crippen LogP contribution in [0.3, 0.4) is 0 Å². The van der Waals surface area contributed by atoms with Crippen LogP contribution in [0.4, 0.5) is 0 Å². The maximum absolute atomic E-state index is 12.2. The number of hydrogen-bond donors (Lipinski definition) is 1. The van der Waals surface area contributed by atoms with Crippen LogP contribution in [0.1, 0.15) is 98.8 Å². The number of allylic oxidation sites excluding steroid dienone is 1. The fourth-order valence-electron chi connectivity index (χ4n) is 8.88. The minimum absolute atomic E-state index is 0.0355. The maximum Gasteiger partial charge on any atom is 0.159 e. The minimum Gasteiger partial charge on any atom is -0.393 e. The SMILES string of the molecule is CC(C)CCC[C@@H](C)[C@H]1CC[C@H]2[C@@H]3CC=C4C[C@@H](O)CC(P=O)[C@]4(C)[C@H]3CC[C@]12C. The fourth-order valence-corrected chi connectivity index (χ4v) is 9.78. The first-order valence-corrected chi connectivity index (χ1v) is 13.8. The van der Waals surface area contributed by atoms with Gasteiger partial charge in [-0.05, 0) is 85.9 Å². The summed E-state index contributed by atoms with van der Waals surface area (Å²) >= 11 is 0. The van der Waals surface area contributed by atoms with Crippen LogP contribution in [0, 0.1) is 46.3 Å². The second kappa shape index (κ2) is 8.62. The molecule has 1 unspecified atom stereocenters. The van der Waals surface area contributed by atoms with Crippen molar-refractivity contribution >= 4 is 8.46 Å². The van der Waals surface area contributed by atoms with Crippen LogP contribution in [-0.2, 0) is 4.57 Å². The van der Waals surface area contributed by atoms with E-state index in [-0.39, 0.29) is 25.6 Å². The molecule has 0 bridgehead atoms. The van der Waals surface area contributed by atoms with Gasteiger partial charge in [-0.25, -0.2) is 0 Å². The third kappa shape index (κ3) is 3.67. The van der Waals surface area contributed by atoms with Gasteiger partial charge in [0, 0.05) is 5.41 Å². The highest BCUT2D eigenvalue weighted by molar-refractivity contribution is 7.24. The molecule has 0 aromatic rings. The molecule has 0 aliphatic heterocycles. The summed E-state index contributed by atoms with van der Waals surface area (Å²) in [5.74, 6) is 4.80. The molecule has 0 amide bonds. The molecular formula is C27H45O2P. The van der Waals surface area contributed by atoms with Gasteiger partial charge in [-0.15, -0.1) is 0 Å². The molecule has 0 aromatic heterocycles. The Kier molecular flexibility index (Phi) is 6.61. The van der Waals surface area contributed by atoms with E-state index in [1.54, 1.807) is 0 Å². The lowest BCUT2D eigenvalue weighted by Gasteiger charge is -2.59. The van der Waals surface area contributed by atoms with Crippen molar-refractivity contribution in [2.75, 3.05) is 0 Å². The zero-order valence-corrected chi connectivity index (χ0v) is 21.0. The molecule has 9 atom stereocenters. The average molecular weight is 433 g/mol. The highest BCUT2D eigenvalue weighted by Gasteiger charge is 2.61. The highest BCUT2D eigenvalue weighted by atomic mass is 31.1. The molecule has 0 saturated heterocycles. The molecule has 3 fully saturated rings. The summed E-state index contributed by atoms with van der Waals surface area (Å²) in [4.78, 5) is 0. The summed E-state index contributed by atoms with van der Waals surface area (Å²) in [6, 6.07) is 0. The van der Waals surface area contributed by atoms with E-state index in [4.69, 9.17) is 0 Å². The standard InChI is InChI=1S/C27H45O2P/c1-17(2)7-6-8-18(3)22-11-12-23-21-10-9-19-15-20(28)16-25(30-29)27(19,5)24(21)13-14-26(22,23)4/h9,17-18,20-25,28H,6-8,10-16H2,1-5H3/t18-,20-,21+,22-,23+,24+,25?,26-,27+/m1/s1. The Hall–Kier alpha value is -0.200. The normalized spacial score (nSPS) is 46.8. The molecule has 4 aliphatic carbocycles. The van der Waals surface area contributed by atoms with Crippen molar-refractivity contribution in [2.24, 2.45) is 46.3 Å². The Bertz CT molecular complexity index is 672. The largest absolute Gasteiger partial charge is 0.393 e. The van der Waals surface area contributed by atoms with Crippen LogP contribution in [0.2, 0.25) is 0 Å². The topological polar surface area (TPSA) is 37.3 Å². The molecular weight excluding hydrogens is 387 g/mol. The lowest BCUT2D eigenvalue weighted by molar-refractivity contribution is -0.0554. The lowest BCUT2D eigenvalue weighted by atomic mass is 9.46. The van der Waals surface area contributed by atoms with Gasteiger partial charge in [0.2, 0.25) is 0 Å². The first-order valence-electron chi connectivity index (χ1n) is 12.9. The van der Waals surface area contributed by atoms with E-state index in [9.17, 15) is 9.67 Å². The van der Waals surface area contributed by atoms with Gasteiger partial charge in [-0.2, -0.15) is 0 Å². The number of aliphatic hydroxyl groups is 1. The van der Waals surface area contributed by atoms with Crippen molar-refractivity contribution in [3.63, 3.8) is 0 Å². The van der Waals surface area contributed by atoms with Gasteiger partial charge in [-0.1, -0.05) is 65.5 Å². The zero-order chi connectivity index (χ0) is 21.7. The smallest absolute Gasteiger partial charge is 0.159 e. The highest BCUT2D eigenvalue weighted by Crippen LogP contribution is 2.68. The summed E-state index contributed by atoms with van der Waals surface area (Å²) in [6.07, 6.45) is 14.5. The molecule has 170 valence electrons. The van der Waals surface area contributed by atoms with Crippen molar-refractivity contribution < 1.29 is 9.67 Å². The Morgan fingerprint density at radius 3 is 2.60 bits per heavy atom. The molecule has 3 heteroatoms. The van der Waals surface area contributed by atoms with E-state index >= 15 is 0 Å². The Balaban J connectivity index is 1.54. The summed E-state index contributed by atoms with van der Waals surface area (Å²) in [5, 5.41) is 10.4. The summed E-state index contributed by atoms with van der Waals surface area (Å²) in [5.41, 5.74) is 2.06. The van der Waals surface area contributed by atoms with E-state index in [0.29, 0.717) is 17.8 Å². The fraction of sp³-hybridized carbons (Fsp3) is 0.926. The molecule has 3 saturated carbocycles. The van der Waals surface area contributed by atoms with Crippen molar-refractivity contribution in [2.45, 2.75) is 111 Å². The van der Waals surface area contributed by atoms with Crippen molar-refractivity contribution in [1.29, 1.82) is 0 Å². The van der Waals surface area contributed by atoms with E-state index in [1.165, 1.54) is 56.9 Å². The summed E-state index contributed by atoms with van der Waals surface area (Å²) in [7, 11) is 0.245. The third-order valence-corrected chi connectivity index (χ3v) is 11.5. The second-order valence-corrected chi connectivity index (χ2v) is 13.2. The van der Waals surface area contributed by atoms with Gasteiger partial charge in [0.1, 0.15) is 0 Å². The van der Waals surface area contributed by atoms with Gasteiger partial charge in [0.25, 0.3) is 0 Å². The molecule has 4 rings (SSSR count). The van der Waals surface area contributed by atoms with Gasteiger partial charge in [-0.3, -0.25) is 4.57 Å². The van der Waals surface area contributed by atoms with Crippen molar-refractivity contribution in [3.8, 4) is 0 Å². The van der Waals surface area contributed by atoms with Gasteiger partial charge >= 0.3 is 0 Å². The maximum atomic E-state index is 12.2. The predicted octanol–water partition coefficient (Wildman–Crippen LogP) is 7.66. The summed E-state index contributed by atoms with van der Waals surface area (Å²) in [6.45, 7) is 12.3. The van der Waals surface area contributed by atoms with E-state index in [0.717, 1.165) is 36.0 Å². The molecule has 0 heterocycles. The monoisotopic (exact) mass is 432 g/mol. The lowest BCUT2D eigenvalue weighted by Crippen LogP contribution is -2.54. The first kappa shape index (κ1) is 23.0. The molecule has 2 nitrogen and oxygen atoms in total. The second-order valence-electron chi connectivity index (χ2n) is 12.4. The number of aliphatic hydroxyl groups excluding tert-OH is 1. The van der Waals surface area contributed by atoms with Crippen LogP contribution < -0.4 is 0 Å². The predicted molar refractivity (Wildman–Crippen MR) is 126 cm³/mol. The van der Waals surface area contributed by atoms with Gasteiger partial charge in [0.05, 0.1) is 11.8 Å². The van der Waals surface area contributed by atoms with E-state index in [1.807, 2.05) is 0 Å². The molecule has 0 spiro atoms. The van der Waals surface area contributed by atoms with E-state index in [2.05, 4.69) is 40.7 Å². The van der Waals surface area contributed by atoms with Crippen LogP contribution in [0.5, 0.6) is 0 Å². The molecule has 4 aliphatic rings. The Labute approximate surface area is 186 Å². The van der Waals surface area contributed by atoms with Crippen LogP contribution in [-0.4, -0.2) is 16.9 Å². The van der Waals surface area contributed by atoms with Crippen LogP contribution >= 0.6 is 8.46 Å². The third-order valence-electron chi connectivity index (χ3n) is 10.5. The van der Waals surface area contributed by atoms with E-state index < -0.39 is 0 Å². The molecule has 0 radical (unpaired) electrons. The quantitative estimate of drug-likeness (QED) is 0.345. The number of fused-ring (bicyclic) bond motifs is 5. The minimum atomic E-state index is -0.302. The number of hydrogen-bond acceptors (Lipinski definition) is 2. The first-order chi connectivity index (χ1) is 14.2. The molecule has 0 aromatic carbocycles. The summed E-state index contributed by atoms with van der Waals surface area (Å²) < 4.78 is 12.2. The van der Waals surface area contributed by atoms with Crippen molar-refractivity contribution in [3.05, 3.63) is 11.6 Å². The molecule has 30 heavy (non-hydrogen) atoms. The van der Waals surface area contributed by atoms with Crippen LogP contribution in [0.15, 0.2) is 11.6 Å². The van der Waals surface area contributed by atoms with Crippen LogP contribution in [0.25, 0.3) is 0 Å². The average Bonchev–Trinajstić information content (AvgIpc) is 3.05. The van der Waals surface area contributed by atoms with Crippen molar-refractivity contribution in [1.82, 2.24) is 0 Å². The Morgan fingerprint density at radius 2 is 1.90 bits per heavy atom. The zero-order valence-electron chi connectivity index (χ0n) is 20.1. The van der Waals surface area contributed by atoms with Gasteiger partial charge < -0.3 is 5.11 Å². The van der Waals surface area contributed by atoms with Gasteiger partial charge in [0.15, 0.2) is 8.46 Å². The Morgan fingerprint density at radius 1 is 1.13 bits per heavy atom. The number of rotatable bonds is 6. The molecule has 1 N–H and O–H groups in total.